The second kappa shape index (κ2) is 6.49. The lowest BCUT2D eigenvalue weighted by Crippen LogP contribution is -2.44. The summed E-state index contributed by atoms with van der Waals surface area (Å²) in [5.74, 6) is -1.77. The number of rotatable bonds is 4. The first-order valence-corrected chi connectivity index (χ1v) is 7.86. The molecule has 0 saturated carbocycles. The number of carbonyl (C=O) groups excluding carboxylic acids is 1. The molecule has 0 fully saturated rings. The fourth-order valence-corrected chi connectivity index (χ4v) is 2.92. The first-order chi connectivity index (χ1) is 11.1. The van der Waals surface area contributed by atoms with E-state index in [2.05, 4.69) is 0 Å². The molecule has 0 bridgehead atoms. The number of hydrogen-bond acceptors (Lipinski definition) is 3. The minimum atomic E-state index is -1.39. The van der Waals surface area contributed by atoms with Gasteiger partial charge in [-0.3, -0.25) is 4.79 Å². The van der Waals surface area contributed by atoms with Crippen LogP contribution >= 0.6 is 0 Å². The van der Waals surface area contributed by atoms with Crippen molar-refractivity contribution in [3.8, 4) is 0 Å². The van der Waals surface area contributed by atoms with Crippen molar-refractivity contribution in [2.75, 3.05) is 0 Å². The first-order valence-electron chi connectivity index (χ1n) is 7.86. The maximum absolute atomic E-state index is 12.5. The van der Waals surface area contributed by atoms with Gasteiger partial charge in [-0.2, -0.15) is 0 Å². The molecular weight excluding hydrogens is 288 g/mol. The number of ketones is 1. The van der Waals surface area contributed by atoms with Gasteiger partial charge in [0.25, 0.3) is 0 Å². The Balaban J connectivity index is 2.06. The molecule has 2 aromatic rings. The summed E-state index contributed by atoms with van der Waals surface area (Å²) in [7, 11) is 0. The molecule has 23 heavy (non-hydrogen) atoms. The zero-order valence-corrected chi connectivity index (χ0v) is 13.1. The Bertz CT molecular complexity index is 654. The fraction of sp³-hybridized carbons (Fsp3) is 0.250. The molecule has 3 nitrogen and oxygen atoms in total. The van der Waals surface area contributed by atoms with Crippen LogP contribution in [0.15, 0.2) is 72.8 Å². The summed E-state index contributed by atoms with van der Waals surface area (Å²) in [6, 6.07) is 19.6. The molecule has 0 radical (unpaired) electrons. The summed E-state index contributed by atoms with van der Waals surface area (Å²) in [4.78, 5) is 12.5. The van der Waals surface area contributed by atoms with Gasteiger partial charge in [-0.1, -0.05) is 67.6 Å². The van der Waals surface area contributed by atoms with Gasteiger partial charge < -0.3 is 9.84 Å². The van der Waals surface area contributed by atoms with E-state index in [-0.39, 0.29) is 11.7 Å². The van der Waals surface area contributed by atoms with Crippen molar-refractivity contribution in [2.45, 2.75) is 31.2 Å². The molecule has 0 saturated heterocycles. The highest BCUT2D eigenvalue weighted by Crippen LogP contribution is 2.35. The van der Waals surface area contributed by atoms with Crippen LogP contribution in [0.1, 0.15) is 30.4 Å². The zero-order chi connectivity index (χ0) is 16.3. The van der Waals surface area contributed by atoms with Crippen LogP contribution in [0.5, 0.6) is 0 Å². The van der Waals surface area contributed by atoms with Crippen molar-refractivity contribution in [2.24, 2.45) is 0 Å². The highest BCUT2D eigenvalue weighted by Gasteiger charge is 2.39. The van der Waals surface area contributed by atoms with E-state index in [0.29, 0.717) is 6.42 Å². The molecule has 0 aromatic heterocycles. The fourth-order valence-electron chi connectivity index (χ4n) is 2.92. The minimum absolute atomic E-state index is 0.124. The van der Waals surface area contributed by atoms with E-state index < -0.39 is 11.9 Å². The van der Waals surface area contributed by atoms with Gasteiger partial charge in [-0.25, -0.2) is 0 Å². The monoisotopic (exact) mass is 308 g/mol. The molecular formula is C20H20O3. The quantitative estimate of drug-likeness (QED) is 0.941. The third-order valence-electron chi connectivity index (χ3n) is 4.25. The highest BCUT2D eigenvalue weighted by atomic mass is 16.6. The molecule has 1 aliphatic heterocycles. The van der Waals surface area contributed by atoms with E-state index in [0.717, 1.165) is 11.1 Å². The predicted molar refractivity (Wildman–Crippen MR) is 89.0 cm³/mol. The number of hydrogen-bond donors (Lipinski definition) is 1. The third kappa shape index (κ3) is 3.26. The van der Waals surface area contributed by atoms with Gasteiger partial charge in [-0.05, 0) is 23.3 Å². The van der Waals surface area contributed by atoms with Crippen LogP contribution < -0.4 is 0 Å². The highest BCUT2D eigenvalue weighted by molar-refractivity contribution is 5.95. The smallest absolute Gasteiger partial charge is 0.186 e. The maximum Gasteiger partial charge on any atom is 0.186 e. The molecule has 1 aliphatic rings. The lowest BCUT2D eigenvalue weighted by Gasteiger charge is -2.36. The minimum Gasteiger partial charge on any atom is -0.362 e. The Hall–Kier alpha value is -2.23. The Morgan fingerprint density at radius 1 is 1.04 bits per heavy atom. The maximum atomic E-state index is 12.5. The normalized spacial score (nSPS) is 24.1. The molecule has 3 heteroatoms. The molecule has 118 valence electrons. The second-order valence-corrected chi connectivity index (χ2v) is 5.77. The van der Waals surface area contributed by atoms with Gasteiger partial charge in [0.05, 0.1) is 0 Å². The lowest BCUT2D eigenvalue weighted by atomic mass is 9.83. The molecule has 3 rings (SSSR count). The first kappa shape index (κ1) is 15.7. The summed E-state index contributed by atoms with van der Waals surface area (Å²) < 4.78 is 5.83. The van der Waals surface area contributed by atoms with Gasteiger partial charge in [0.1, 0.15) is 6.10 Å². The molecule has 0 aliphatic carbocycles. The van der Waals surface area contributed by atoms with Gasteiger partial charge in [0.2, 0.25) is 0 Å². The van der Waals surface area contributed by atoms with Crippen LogP contribution in [0.2, 0.25) is 0 Å². The molecule has 2 aromatic carbocycles. The van der Waals surface area contributed by atoms with E-state index in [1.165, 1.54) is 12.2 Å². The van der Waals surface area contributed by atoms with E-state index in [1.807, 2.05) is 67.6 Å². The lowest BCUT2D eigenvalue weighted by molar-refractivity contribution is -0.205. The topological polar surface area (TPSA) is 46.5 Å². The van der Waals surface area contributed by atoms with Crippen LogP contribution in [0, 0.1) is 0 Å². The summed E-state index contributed by atoms with van der Waals surface area (Å²) >= 11 is 0. The van der Waals surface area contributed by atoms with Gasteiger partial charge in [0, 0.05) is 12.3 Å². The Morgan fingerprint density at radius 3 is 2.04 bits per heavy atom. The predicted octanol–water partition coefficient (Wildman–Crippen LogP) is 3.44. The largest absolute Gasteiger partial charge is 0.362 e. The van der Waals surface area contributed by atoms with Crippen LogP contribution in [-0.2, 0) is 9.53 Å². The average molecular weight is 308 g/mol. The van der Waals surface area contributed by atoms with Crippen molar-refractivity contribution >= 4 is 5.78 Å². The van der Waals surface area contributed by atoms with Crippen molar-refractivity contribution in [1.29, 1.82) is 0 Å². The Labute approximate surface area is 136 Å². The van der Waals surface area contributed by atoms with Crippen LogP contribution in [-0.4, -0.2) is 22.8 Å². The van der Waals surface area contributed by atoms with E-state index in [1.54, 1.807) is 0 Å². The van der Waals surface area contributed by atoms with Crippen molar-refractivity contribution in [3.05, 3.63) is 83.9 Å². The van der Waals surface area contributed by atoms with Crippen molar-refractivity contribution < 1.29 is 14.6 Å². The molecule has 1 N–H and O–H groups in total. The Morgan fingerprint density at radius 2 is 1.57 bits per heavy atom. The molecule has 0 spiro atoms. The van der Waals surface area contributed by atoms with E-state index >= 15 is 0 Å². The van der Waals surface area contributed by atoms with E-state index in [4.69, 9.17) is 4.74 Å². The average Bonchev–Trinajstić information content (AvgIpc) is 2.60. The number of ether oxygens (including phenoxy) is 1. The summed E-state index contributed by atoms with van der Waals surface area (Å²) in [5.41, 5.74) is 1.98. The number of carbonyl (C=O) groups is 1. The van der Waals surface area contributed by atoms with Crippen molar-refractivity contribution in [3.63, 3.8) is 0 Å². The van der Waals surface area contributed by atoms with Gasteiger partial charge in [0.15, 0.2) is 11.6 Å². The van der Waals surface area contributed by atoms with Crippen molar-refractivity contribution in [1.82, 2.24) is 0 Å². The molecule has 0 amide bonds. The molecule has 2 atom stereocenters. The summed E-state index contributed by atoms with van der Waals surface area (Å²) in [5, 5.41) is 10.4. The molecule has 1 heterocycles. The standard InChI is InChI=1S/C20H20O3/c1-2-20(22)14-13-17(21)19(23-20)18(15-9-5-3-6-10-15)16-11-7-4-8-12-16/h3-14,18-19,22H,2H2,1H3/t19-,20+/m0/s1. The van der Waals surface area contributed by atoms with E-state index in [9.17, 15) is 9.90 Å². The van der Waals surface area contributed by atoms with Crippen LogP contribution in [0.4, 0.5) is 0 Å². The molecule has 0 unspecified atom stereocenters. The second-order valence-electron chi connectivity index (χ2n) is 5.77. The van der Waals surface area contributed by atoms with Gasteiger partial charge in [-0.15, -0.1) is 0 Å². The SMILES string of the molecule is CC[C@]1(O)C=CC(=O)[C@@H](C(c2ccccc2)c2ccccc2)O1. The summed E-state index contributed by atoms with van der Waals surface area (Å²) in [6.45, 7) is 1.83. The number of aliphatic hydroxyl groups is 1. The third-order valence-corrected chi connectivity index (χ3v) is 4.25. The summed E-state index contributed by atoms with van der Waals surface area (Å²) in [6.07, 6.45) is 2.54. The van der Waals surface area contributed by atoms with Crippen LogP contribution in [0.3, 0.4) is 0 Å². The van der Waals surface area contributed by atoms with Gasteiger partial charge >= 0.3 is 0 Å². The zero-order valence-electron chi connectivity index (χ0n) is 13.1. The Kier molecular flexibility index (Phi) is 4.42. The van der Waals surface area contributed by atoms with Crippen LogP contribution in [0.25, 0.3) is 0 Å². The number of benzene rings is 2.